The number of halogens is 1. The van der Waals surface area contributed by atoms with Crippen molar-refractivity contribution in [2.75, 3.05) is 5.32 Å². The van der Waals surface area contributed by atoms with Crippen molar-refractivity contribution < 1.29 is 18.7 Å². The van der Waals surface area contributed by atoms with Crippen molar-refractivity contribution in [2.45, 2.75) is 52.6 Å². The monoisotopic (exact) mass is 295 g/mol. The molecule has 0 aliphatic heterocycles. The quantitative estimate of drug-likeness (QED) is 0.846. The highest BCUT2D eigenvalue weighted by Crippen LogP contribution is 2.17. The summed E-state index contributed by atoms with van der Waals surface area (Å²) in [5.41, 5.74) is 0.672. The molecule has 0 saturated carbocycles. The number of ether oxygens (including phenoxy) is 1. The summed E-state index contributed by atoms with van der Waals surface area (Å²) in [5.74, 6) is -0.921. The fourth-order valence-electron chi connectivity index (χ4n) is 1.90. The fourth-order valence-corrected chi connectivity index (χ4v) is 1.90. The van der Waals surface area contributed by atoms with Crippen LogP contribution >= 0.6 is 0 Å². The molecule has 116 valence electrons. The molecule has 0 aromatic heterocycles. The molecule has 0 heterocycles. The number of hydrogen-bond donors (Lipinski definition) is 1. The van der Waals surface area contributed by atoms with Gasteiger partial charge in [-0.1, -0.05) is 0 Å². The lowest BCUT2D eigenvalue weighted by Gasteiger charge is -2.19. The number of amides is 1. The fraction of sp³-hybridized carbons (Fsp3) is 0.500. The van der Waals surface area contributed by atoms with Gasteiger partial charge in [-0.15, -0.1) is 0 Å². The molecule has 0 radical (unpaired) electrons. The van der Waals surface area contributed by atoms with Gasteiger partial charge in [-0.2, -0.15) is 0 Å². The second kappa shape index (κ2) is 7.20. The number of aryl methyl sites for hydroxylation is 1. The van der Waals surface area contributed by atoms with Crippen LogP contribution in [0.2, 0.25) is 0 Å². The van der Waals surface area contributed by atoms with Gasteiger partial charge in [-0.3, -0.25) is 9.59 Å². The number of carbonyl (C=O) groups excluding carboxylic acids is 2. The van der Waals surface area contributed by atoms with E-state index < -0.39 is 11.4 Å². The first-order valence-corrected chi connectivity index (χ1v) is 6.94. The molecule has 0 unspecified atom stereocenters. The summed E-state index contributed by atoms with van der Waals surface area (Å²) in [6.45, 7) is 6.82. The highest BCUT2D eigenvalue weighted by molar-refractivity contribution is 5.88. The molecular weight excluding hydrogens is 273 g/mol. The average Bonchev–Trinajstić information content (AvgIpc) is 2.24. The Morgan fingerprint density at radius 1 is 1.24 bits per heavy atom. The molecule has 0 aliphatic rings. The van der Waals surface area contributed by atoms with Gasteiger partial charge in [0.15, 0.2) is 0 Å². The van der Waals surface area contributed by atoms with Crippen molar-refractivity contribution in [2.24, 2.45) is 0 Å². The molecule has 0 atom stereocenters. The van der Waals surface area contributed by atoms with Crippen molar-refractivity contribution in [1.29, 1.82) is 0 Å². The van der Waals surface area contributed by atoms with E-state index in [2.05, 4.69) is 5.32 Å². The van der Waals surface area contributed by atoms with Gasteiger partial charge in [0, 0.05) is 19.0 Å². The molecule has 0 spiro atoms. The first-order valence-electron chi connectivity index (χ1n) is 6.94. The second-order valence-corrected chi connectivity index (χ2v) is 5.97. The van der Waals surface area contributed by atoms with Crippen molar-refractivity contribution in [1.82, 2.24) is 0 Å². The van der Waals surface area contributed by atoms with E-state index in [1.165, 1.54) is 19.1 Å². The van der Waals surface area contributed by atoms with Gasteiger partial charge in [-0.05, 0) is 57.4 Å². The van der Waals surface area contributed by atoms with E-state index in [4.69, 9.17) is 4.74 Å². The molecule has 0 bridgehead atoms. The minimum atomic E-state index is -0.492. The highest BCUT2D eigenvalue weighted by Gasteiger charge is 2.15. The van der Waals surface area contributed by atoms with Crippen molar-refractivity contribution in [3.05, 3.63) is 29.6 Å². The predicted octanol–water partition coefficient (Wildman–Crippen LogP) is 3.45. The third kappa shape index (κ3) is 7.44. The maximum absolute atomic E-state index is 13.4. The van der Waals surface area contributed by atoms with Crippen LogP contribution in [0, 0.1) is 5.82 Å². The van der Waals surface area contributed by atoms with Gasteiger partial charge < -0.3 is 10.1 Å². The molecule has 21 heavy (non-hydrogen) atoms. The van der Waals surface area contributed by atoms with Crippen LogP contribution in [-0.4, -0.2) is 17.5 Å². The van der Waals surface area contributed by atoms with E-state index in [9.17, 15) is 14.0 Å². The van der Waals surface area contributed by atoms with Crippen molar-refractivity contribution in [3.8, 4) is 0 Å². The Morgan fingerprint density at radius 2 is 1.90 bits per heavy atom. The van der Waals surface area contributed by atoms with Crippen molar-refractivity contribution in [3.63, 3.8) is 0 Å². The zero-order valence-electron chi connectivity index (χ0n) is 13.0. The summed E-state index contributed by atoms with van der Waals surface area (Å²) in [4.78, 5) is 22.6. The number of esters is 1. The highest BCUT2D eigenvalue weighted by atomic mass is 19.1. The largest absolute Gasteiger partial charge is 0.460 e. The number of anilines is 1. The van der Waals surface area contributed by atoms with E-state index in [1.807, 2.05) is 20.8 Å². The molecule has 0 fully saturated rings. The molecule has 0 saturated heterocycles. The normalized spacial score (nSPS) is 11.1. The zero-order chi connectivity index (χ0) is 16.0. The van der Waals surface area contributed by atoms with E-state index in [-0.39, 0.29) is 18.3 Å². The Morgan fingerprint density at radius 3 is 2.48 bits per heavy atom. The number of nitrogens with one attached hydrogen (secondary N) is 1. The van der Waals surface area contributed by atoms with E-state index in [0.29, 0.717) is 18.5 Å². The zero-order valence-corrected chi connectivity index (χ0v) is 13.0. The number of rotatable bonds is 5. The van der Waals surface area contributed by atoms with E-state index in [1.54, 1.807) is 6.07 Å². The standard InChI is InChI=1S/C16H22FNO3/c1-11(19)18-14-9-12(8-13(17)10-14)6-5-7-15(20)21-16(2,3)4/h8-10H,5-7H2,1-4H3,(H,18,19). The Balaban J connectivity index is 2.54. The maximum Gasteiger partial charge on any atom is 0.306 e. The second-order valence-electron chi connectivity index (χ2n) is 5.97. The van der Waals surface area contributed by atoms with Gasteiger partial charge in [0.25, 0.3) is 0 Å². The van der Waals surface area contributed by atoms with Gasteiger partial charge in [0.2, 0.25) is 5.91 Å². The summed E-state index contributed by atoms with van der Waals surface area (Å²) in [6, 6.07) is 4.37. The summed E-state index contributed by atoms with van der Waals surface area (Å²) in [5, 5.41) is 2.55. The van der Waals surface area contributed by atoms with E-state index in [0.717, 1.165) is 5.56 Å². The lowest BCUT2D eigenvalue weighted by molar-refractivity contribution is -0.154. The Hall–Kier alpha value is -1.91. The lowest BCUT2D eigenvalue weighted by atomic mass is 10.1. The minimum absolute atomic E-state index is 0.250. The third-order valence-electron chi connectivity index (χ3n) is 2.54. The molecule has 1 aromatic carbocycles. The van der Waals surface area contributed by atoms with Crippen LogP contribution in [0.3, 0.4) is 0 Å². The summed E-state index contributed by atoms with van der Waals surface area (Å²) in [6.07, 6.45) is 1.39. The first-order chi connectivity index (χ1) is 9.65. The molecule has 1 amide bonds. The van der Waals surface area contributed by atoms with Crippen molar-refractivity contribution >= 4 is 17.6 Å². The molecule has 1 N–H and O–H groups in total. The van der Waals surface area contributed by atoms with Crippen LogP contribution in [0.5, 0.6) is 0 Å². The van der Waals surface area contributed by atoms with Gasteiger partial charge in [0.1, 0.15) is 11.4 Å². The Labute approximate surface area is 124 Å². The van der Waals surface area contributed by atoms with Crippen LogP contribution in [0.25, 0.3) is 0 Å². The van der Waals surface area contributed by atoms with Gasteiger partial charge in [0.05, 0.1) is 0 Å². The number of benzene rings is 1. The average molecular weight is 295 g/mol. The van der Waals surface area contributed by atoms with Crippen LogP contribution in [0.4, 0.5) is 10.1 Å². The van der Waals surface area contributed by atoms with Crippen LogP contribution in [0.15, 0.2) is 18.2 Å². The van der Waals surface area contributed by atoms with Crippen LogP contribution < -0.4 is 5.32 Å². The van der Waals surface area contributed by atoms with Crippen LogP contribution in [0.1, 0.15) is 46.1 Å². The summed E-state index contributed by atoms with van der Waals surface area (Å²) >= 11 is 0. The minimum Gasteiger partial charge on any atom is -0.460 e. The molecule has 1 aromatic rings. The van der Waals surface area contributed by atoms with E-state index >= 15 is 0 Å². The number of carbonyl (C=O) groups is 2. The summed E-state index contributed by atoms with van der Waals surface area (Å²) < 4.78 is 18.6. The smallest absolute Gasteiger partial charge is 0.306 e. The topological polar surface area (TPSA) is 55.4 Å². The first kappa shape index (κ1) is 17.1. The lowest BCUT2D eigenvalue weighted by Crippen LogP contribution is -2.23. The molecular formula is C16H22FNO3. The molecule has 5 heteroatoms. The third-order valence-corrected chi connectivity index (χ3v) is 2.54. The van der Waals surface area contributed by atoms with Gasteiger partial charge in [-0.25, -0.2) is 4.39 Å². The number of hydrogen-bond acceptors (Lipinski definition) is 3. The Bertz CT molecular complexity index is 521. The molecule has 0 aliphatic carbocycles. The summed E-state index contributed by atoms with van der Waals surface area (Å²) in [7, 11) is 0. The molecule has 1 rings (SSSR count). The molecule has 4 nitrogen and oxygen atoms in total. The SMILES string of the molecule is CC(=O)Nc1cc(F)cc(CCCC(=O)OC(C)(C)C)c1. The maximum atomic E-state index is 13.4. The predicted molar refractivity (Wildman–Crippen MR) is 79.5 cm³/mol. The Kier molecular flexibility index (Phi) is 5.88. The van der Waals surface area contributed by atoms with Crippen LogP contribution in [-0.2, 0) is 20.7 Å². The van der Waals surface area contributed by atoms with Gasteiger partial charge >= 0.3 is 5.97 Å².